The number of unbranched alkanes of at least 4 members (excludes halogenated alkanes) is 1. The minimum absolute atomic E-state index is 0.418. The van der Waals surface area contributed by atoms with Crippen LogP contribution < -0.4 is 4.74 Å². The highest BCUT2D eigenvalue weighted by Gasteiger charge is 2.04. The Morgan fingerprint density at radius 3 is 2.62 bits per heavy atom. The van der Waals surface area contributed by atoms with Crippen LogP contribution in [-0.4, -0.2) is 6.61 Å². The van der Waals surface area contributed by atoms with E-state index in [4.69, 9.17) is 10.00 Å². The van der Waals surface area contributed by atoms with Crippen LogP contribution in [-0.2, 0) is 0 Å². The lowest BCUT2D eigenvalue weighted by Crippen LogP contribution is -1.98. The number of ether oxygens (including phenoxy) is 1. The van der Waals surface area contributed by atoms with Crippen LogP contribution in [0.5, 0.6) is 5.75 Å². The van der Waals surface area contributed by atoms with E-state index in [2.05, 4.69) is 26.8 Å². The molecule has 0 saturated heterocycles. The van der Waals surface area contributed by atoms with E-state index in [1.165, 1.54) is 0 Å². The van der Waals surface area contributed by atoms with E-state index in [0.29, 0.717) is 11.5 Å². The van der Waals surface area contributed by atoms with Crippen molar-refractivity contribution < 1.29 is 4.74 Å². The molecule has 2 heteroatoms. The first-order chi connectivity index (χ1) is 7.67. The lowest BCUT2D eigenvalue weighted by atomic mass is 10.0. The van der Waals surface area contributed by atoms with Gasteiger partial charge in [-0.3, -0.25) is 0 Å². The van der Waals surface area contributed by atoms with Crippen molar-refractivity contribution in [3.63, 3.8) is 0 Å². The standard InChI is InChI=1S/C14H19NO/c1-4-5-6-16-14-8-12(10-15)7-13(9-14)11(2)3/h7-9,11H,4-6H2,1-3H3. The van der Waals surface area contributed by atoms with Gasteiger partial charge in [0.1, 0.15) is 5.75 Å². The Morgan fingerprint density at radius 2 is 2.06 bits per heavy atom. The molecule has 0 heterocycles. The van der Waals surface area contributed by atoms with E-state index in [9.17, 15) is 0 Å². The molecule has 0 aromatic heterocycles. The summed E-state index contributed by atoms with van der Waals surface area (Å²) in [5, 5.41) is 8.93. The fourth-order valence-electron chi connectivity index (χ4n) is 1.44. The van der Waals surface area contributed by atoms with Gasteiger partial charge in [-0.15, -0.1) is 0 Å². The van der Waals surface area contributed by atoms with Gasteiger partial charge >= 0.3 is 0 Å². The number of nitriles is 1. The van der Waals surface area contributed by atoms with E-state index in [1.54, 1.807) is 0 Å². The van der Waals surface area contributed by atoms with Crippen LogP contribution in [0.3, 0.4) is 0 Å². The minimum Gasteiger partial charge on any atom is -0.494 e. The van der Waals surface area contributed by atoms with Gasteiger partial charge in [-0.05, 0) is 36.1 Å². The van der Waals surface area contributed by atoms with Gasteiger partial charge < -0.3 is 4.74 Å². The Morgan fingerprint density at radius 1 is 1.31 bits per heavy atom. The van der Waals surface area contributed by atoms with Crippen molar-refractivity contribution in [1.82, 2.24) is 0 Å². The van der Waals surface area contributed by atoms with Crippen molar-refractivity contribution in [2.24, 2.45) is 0 Å². The van der Waals surface area contributed by atoms with Gasteiger partial charge in [0, 0.05) is 0 Å². The third kappa shape index (κ3) is 3.58. The second kappa shape index (κ2) is 6.17. The number of benzene rings is 1. The highest BCUT2D eigenvalue weighted by molar-refractivity contribution is 5.41. The fraction of sp³-hybridized carbons (Fsp3) is 0.500. The lowest BCUT2D eigenvalue weighted by Gasteiger charge is -2.10. The molecule has 0 aliphatic rings. The minimum atomic E-state index is 0.418. The molecule has 1 aromatic carbocycles. The molecule has 0 atom stereocenters. The zero-order chi connectivity index (χ0) is 12.0. The molecule has 0 spiro atoms. The molecule has 1 rings (SSSR count). The van der Waals surface area contributed by atoms with E-state index < -0.39 is 0 Å². The Bertz CT molecular complexity index is 377. The van der Waals surface area contributed by atoms with E-state index in [1.807, 2.05) is 18.2 Å². The molecule has 86 valence electrons. The molecule has 1 aromatic rings. The molecule has 0 unspecified atom stereocenters. The van der Waals surface area contributed by atoms with Crippen molar-refractivity contribution in [3.8, 4) is 11.8 Å². The second-order valence-corrected chi connectivity index (χ2v) is 4.26. The average Bonchev–Trinajstić information content (AvgIpc) is 2.29. The molecule has 0 aliphatic carbocycles. The summed E-state index contributed by atoms with van der Waals surface area (Å²) in [5.41, 5.74) is 1.84. The van der Waals surface area contributed by atoms with Gasteiger partial charge in [-0.25, -0.2) is 0 Å². The van der Waals surface area contributed by atoms with Crippen LogP contribution in [0.25, 0.3) is 0 Å². The zero-order valence-electron chi connectivity index (χ0n) is 10.3. The molecule has 2 nitrogen and oxygen atoms in total. The number of rotatable bonds is 5. The lowest BCUT2D eigenvalue weighted by molar-refractivity contribution is 0.309. The maximum atomic E-state index is 8.93. The van der Waals surface area contributed by atoms with Crippen molar-refractivity contribution in [2.45, 2.75) is 39.5 Å². The molecule has 0 bridgehead atoms. The van der Waals surface area contributed by atoms with Gasteiger partial charge in [-0.2, -0.15) is 5.26 Å². The van der Waals surface area contributed by atoms with Gasteiger partial charge in [0.05, 0.1) is 18.2 Å². The average molecular weight is 217 g/mol. The first-order valence-electron chi connectivity index (χ1n) is 5.85. The fourth-order valence-corrected chi connectivity index (χ4v) is 1.44. The van der Waals surface area contributed by atoms with Crippen molar-refractivity contribution in [1.29, 1.82) is 5.26 Å². The van der Waals surface area contributed by atoms with Gasteiger partial charge in [-0.1, -0.05) is 27.2 Å². The van der Waals surface area contributed by atoms with Crippen molar-refractivity contribution in [2.75, 3.05) is 6.61 Å². The Kier molecular flexibility index (Phi) is 4.85. The topological polar surface area (TPSA) is 33.0 Å². The Labute approximate surface area is 97.9 Å². The quantitative estimate of drug-likeness (QED) is 0.701. The largest absolute Gasteiger partial charge is 0.494 e. The van der Waals surface area contributed by atoms with Gasteiger partial charge in [0.2, 0.25) is 0 Å². The van der Waals surface area contributed by atoms with Gasteiger partial charge in [0.25, 0.3) is 0 Å². The Balaban J connectivity index is 2.83. The maximum Gasteiger partial charge on any atom is 0.120 e. The molecule has 0 aliphatic heterocycles. The summed E-state index contributed by atoms with van der Waals surface area (Å²) in [7, 11) is 0. The summed E-state index contributed by atoms with van der Waals surface area (Å²) in [5.74, 6) is 1.23. The second-order valence-electron chi connectivity index (χ2n) is 4.26. The van der Waals surface area contributed by atoms with Gasteiger partial charge in [0.15, 0.2) is 0 Å². The SMILES string of the molecule is CCCCOc1cc(C#N)cc(C(C)C)c1. The van der Waals surface area contributed by atoms with Crippen molar-refractivity contribution >= 4 is 0 Å². The summed E-state index contributed by atoms with van der Waals surface area (Å²) in [6.45, 7) is 7.09. The molecule has 16 heavy (non-hydrogen) atoms. The normalized spacial score (nSPS) is 10.2. The summed E-state index contributed by atoms with van der Waals surface area (Å²) in [6.07, 6.45) is 2.17. The Hall–Kier alpha value is -1.49. The smallest absolute Gasteiger partial charge is 0.120 e. The molecular weight excluding hydrogens is 198 g/mol. The molecule has 0 saturated carbocycles. The third-order valence-corrected chi connectivity index (χ3v) is 2.49. The number of nitrogens with zero attached hydrogens (tertiary/aromatic N) is 1. The van der Waals surface area contributed by atoms with Crippen LogP contribution in [0.15, 0.2) is 18.2 Å². The highest BCUT2D eigenvalue weighted by Crippen LogP contribution is 2.23. The molecule has 0 N–H and O–H groups in total. The summed E-state index contributed by atoms with van der Waals surface area (Å²) < 4.78 is 5.63. The van der Waals surface area contributed by atoms with Crippen LogP contribution in [0.1, 0.15) is 50.7 Å². The number of hydrogen-bond acceptors (Lipinski definition) is 2. The first-order valence-corrected chi connectivity index (χ1v) is 5.85. The third-order valence-electron chi connectivity index (χ3n) is 2.49. The highest BCUT2D eigenvalue weighted by atomic mass is 16.5. The van der Waals surface area contributed by atoms with Crippen LogP contribution in [0.2, 0.25) is 0 Å². The molecule has 0 radical (unpaired) electrons. The summed E-state index contributed by atoms with van der Waals surface area (Å²) in [4.78, 5) is 0. The first kappa shape index (κ1) is 12.6. The summed E-state index contributed by atoms with van der Waals surface area (Å²) >= 11 is 0. The zero-order valence-corrected chi connectivity index (χ0v) is 10.3. The summed E-state index contributed by atoms with van der Waals surface area (Å²) in [6, 6.07) is 7.94. The van der Waals surface area contributed by atoms with Crippen LogP contribution in [0.4, 0.5) is 0 Å². The van der Waals surface area contributed by atoms with E-state index in [-0.39, 0.29) is 0 Å². The number of hydrogen-bond donors (Lipinski definition) is 0. The maximum absolute atomic E-state index is 8.93. The molecular formula is C14H19NO. The monoisotopic (exact) mass is 217 g/mol. The van der Waals surface area contributed by atoms with Crippen LogP contribution >= 0.6 is 0 Å². The molecule has 0 fully saturated rings. The van der Waals surface area contributed by atoms with Crippen molar-refractivity contribution in [3.05, 3.63) is 29.3 Å². The predicted octanol–water partition coefficient (Wildman–Crippen LogP) is 3.86. The predicted molar refractivity (Wildman–Crippen MR) is 65.6 cm³/mol. The van der Waals surface area contributed by atoms with Crippen LogP contribution in [0, 0.1) is 11.3 Å². The molecule has 0 amide bonds. The van der Waals surface area contributed by atoms with E-state index in [0.717, 1.165) is 30.8 Å². The van der Waals surface area contributed by atoms with E-state index >= 15 is 0 Å².